The van der Waals surface area contributed by atoms with E-state index in [0.29, 0.717) is 5.56 Å². The fourth-order valence-electron chi connectivity index (χ4n) is 2.65. The summed E-state index contributed by atoms with van der Waals surface area (Å²) in [6, 6.07) is 7.68. The van der Waals surface area contributed by atoms with Gasteiger partial charge in [-0.15, -0.1) is 0 Å². The first-order valence-electron chi connectivity index (χ1n) is 7.53. The van der Waals surface area contributed by atoms with Crippen molar-refractivity contribution in [3.8, 4) is 0 Å². The van der Waals surface area contributed by atoms with Crippen molar-refractivity contribution < 1.29 is 25.5 Å². The predicted octanol–water partition coefficient (Wildman–Crippen LogP) is -1.98. The summed E-state index contributed by atoms with van der Waals surface area (Å²) in [5.41, 5.74) is 6.89. The molecule has 6 atom stereocenters. The molecule has 0 spiro atoms. The fraction of sp³-hybridized carbons (Fsp3) is 0.500. The molecule has 1 aromatic carbocycles. The van der Waals surface area contributed by atoms with E-state index in [1.165, 1.54) is 6.08 Å². The van der Waals surface area contributed by atoms with Crippen molar-refractivity contribution in [2.45, 2.75) is 36.5 Å². The summed E-state index contributed by atoms with van der Waals surface area (Å²) in [5.74, 6) is 0. The zero-order valence-corrected chi connectivity index (χ0v) is 12.7. The number of nitrogens with one attached hydrogen (secondary N) is 1. The predicted molar refractivity (Wildman–Crippen MR) is 84.4 cm³/mol. The van der Waals surface area contributed by atoms with Gasteiger partial charge in [-0.25, -0.2) is 0 Å². The van der Waals surface area contributed by atoms with Crippen LogP contribution < -0.4 is 11.1 Å². The highest BCUT2D eigenvalue weighted by Gasteiger charge is 2.37. The Morgan fingerprint density at radius 3 is 2.35 bits per heavy atom. The number of aliphatic hydroxyl groups excluding tert-OH is 5. The molecule has 0 amide bonds. The third kappa shape index (κ3) is 4.15. The molecule has 0 aromatic heterocycles. The standard InChI is InChI=1S/C16H24N2O5/c17-11(13(20)9-4-2-1-3-5-9)7-18-12-6-10(8-19)14(21)16(23)15(12)22/h1-6,11-16,18-23H,7-8,17H2. The second-order valence-electron chi connectivity index (χ2n) is 5.78. The van der Waals surface area contributed by atoms with Crippen LogP contribution in [-0.4, -0.2) is 69.1 Å². The smallest absolute Gasteiger partial charge is 0.111 e. The second kappa shape index (κ2) is 7.98. The molecule has 1 aromatic rings. The Balaban J connectivity index is 1.98. The summed E-state index contributed by atoms with van der Waals surface area (Å²) >= 11 is 0. The quantitative estimate of drug-likeness (QED) is 0.301. The summed E-state index contributed by atoms with van der Waals surface area (Å²) < 4.78 is 0. The van der Waals surface area contributed by atoms with E-state index in [2.05, 4.69) is 5.32 Å². The first-order chi connectivity index (χ1) is 11.0. The van der Waals surface area contributed by atoms with Gasteiger partial charge in [-0.2, -0.15) is 0 Å². The maximum absolute atomic E-state index is 10.2. The molecule has 23 heavy (non-hydrogen) atoms. The van der Waals surface area contributed by atoms with Crippen LogP contribution in [0.4, 0.5) is 0 Å². The van der Waals surface area contributed by atoms with E-state index in [1.807, 2.05) is 6.07 Å². The van der Waals surface area contributed by atoms with Gasteiger partial charge in [0, 0.05) is 12.6 Å². The van der Waals surface area contributed by atoms with Crippen molar-refractivity contribution in [1.29, 1.82) is 0 Å². The SMILES string of the molecule is NC(CNC1C=C(CO)C(O)C(O)C1O)C(O)c1ccccc1. The largest absolute Gasteiger partial charge is 0.392 e. The molecule has 1 aliphatic rings. The van der Waals surface area contributed by atoms with Gasteiger partial charge in [-0.3, -0.25) is 0 Å². The molecule has 0 saturated carbocycles. The minimum absolute atomic E-state index is 0.176. The van der Waals surface area contributed by atoms with Crippen LogP contribution in [0.15, 0.2) is 42.0 Å². The zero-order valence-electron chi connectivity index (χ0n) is 12.7. The Hall–Kier alpha value is -1.32. The van der Waals surface area contributed by atoms with Gasteiger partial charge in [0.15, 0.2) is 0 Å². The summed E-state index contributed by atoms with van der Waals surface area (Å²) in [4.78, 5) is 0. The molecule has 0 saturated heterocycles. The lowest BCUT2D eigenvalue weighted by atomic mass is 9.88. The van der Waals surface area contributed by atoms with Crippen LogP contribution in [0.3, 0.4) is 0 Å². The monoisotopic (exact) mass is 324 g/mol. The lowest BCUT2D eigenvalue weighted by molar-refractivity contribution is -0.0645. The van der Waals surface area contributed by atoms with Crippen LogP contribution in [0.1, 0.15) is 11.7 Å². The van der Waals surface area contributed by atoms with Crippen molar-refractivity contribution in [3.63, 3.8) is 0 Å². The summed E-state index contributed by atoms with van der Waals surface area (Å²) in [7, 11) is 0. The molecule has 0 heterocycles. The molecular weight excluding hydrogens is 300 g/mol. The maximum atomic E-state index is 10.2. The van der Waals surface area contributed by atoms with E-state index in [-0.39, 0.29) is 12.1 Å². The van der Waals surface area contributed by atoms with Crippen LogP contribution in [0.25, 0.3) is 0 Å². The Morgan fingerprint density at radius 1 is 1.09 bits per heavy atom. The van der Waals surface area contributed by atoms with Gasteiger partial charge in [0.2, 0.25) is 0 Å². The van der Waals surface area contributed by atoms with E-state index in [4.69, 9.17) is 5.73 Å². The molecular formula is C16H24N2O5. The molecule has 2 rings (SSSR count). The van der Waals surface area contributed by atoms with Crippen LogP contribution in [0.2, 0.25) is 0 Å². The minimum atomic E-state index is -1.39. The number of hydrogen-bond acceptors (Lipinski definition) is 7. The highest BCUT2D eigenvalue weighted by atomic mass is 16.4. The molecule has 0 bridgehead atoms. The van der Waals surface area contributed by atoms with E-state index in [9.17, 15) is 25.5 Å². The molecule has 0 radical (unpaired) electrons. The lowest BCUT2D eigenvalue weighted by Crippen LogP contribution is -2.56. The normalized spacial score (nSPS) is 30.6. The van der Waals surface area contributed by atoms with Crippen LogP contribution in [0.5, 0.6) is 0 Å². The Kier molecular flexibility index (Phi) is 6.25. The summed E-state index contributed by atoms with van der Waals surface area (Å²) in [6.07, 6.45) is -3.32. The van der Waals surface area contributed by atoms with Crippen molar-refractivity contribution in [1.82, 2.24) is 5.32 Å². The van der Waals surface area contributed by atoms with E-state index in [1.54, 1.807) is 24.3 Å². The number of nitrogens with two attached hydrogens (primary N) is 1. The molecule has 8 N–H and O–H groups in total. The van der Waals surface area contributed by atoms with Crippen molar-refractivity contribution in [2.75, 3.05) is 13.2 Å². The summed E-state index contributed by atoms with van der Waals surface area (Å²) in [5, 5.41) is 51.8. The van der Waals surface area contributed by atoms with Gasteiger partial charge in [0.1, 0.15) is 18.3 Å². The Morgan fingerprint density at radius 2 is 1.74 bits per heavy atom. The second-order valence-corrected chi connectivity index (χ2v) is 5.78. The molecule has 7 nitrogen and oxygen atoms in total. The minimum Gasteiger partial charge on any atom is -0.392 e. The number of hydrogen-bond donors (Lipinski definition) is 7. The zero-order chi connectivity index (χ0) is 17.0. The number of rotatable bonds is 6. The third-order valence-electron chi connectivity index (χ3n) is 4.13. The van der Waals surface area contributed by atoms with Gasteiger partial charge in [0.05, 0.1) is 18.8 Å². The molecule has 6 unspecified atom stereocenters. The Bertz CT molecular complexity index is 524. The summed E-state index contributed by atoms with van der Waals surface area (Å²) in [6.45, 7) is -0.238. The molecule has 128 valence electrons. The number of aliphatic hydroxyl groups is 5. The van der Waals surface area contributed by atoms with E-state index < -0.39 is 43.1 Å². The van der Waals surface area contributed by atoms with Crippen molar-refractivity contribution in [3.05, 3.63) is 47.5 Å². The van der Waals surface area contributed by atoms with Crippen LogP contribution in [0, 0.1) is 0 Å². The van der Waals surface area contributed by atoms with Gasteiger partial charge < -0.3 is 36.6 Å². The molecule has 7 heteroatoms. The fourth-order valence-corrected chi connectivity index (χ4v) is 2.65. The first-order valence-corrected chi connectivity index (χ1v) is 7.53. The van der Waals surface area contributed by atoms with Gasteiger partial charge in [0.25, 0.3) is 0 Å². The van der Waals surface area contributed by atoms with Gasteiger partial charge >= 0.3 is 0 Å². The van der Waals surface area contributed by atoms with E-state index >= 15 is 0 Å². The average molecular weight is 324 g/mol. The van der Waals surface area contributed by atoms with Crippen molar-refractivity contribution >= 4 is 0 Å². The topological polar surface area (TPSA) is 139 Å². The molecule has 0 fully saturated rings. The highest BCUT2D eigenvalue weighted by Crippen LogP contribution is 2.20. The Labute approximate surface area is 134 Å². The average Bonchev–Trinajstić information content (AvgIpc) is 2.59. The van der Waals surface area contributed by atoms with Crippen LogP contribution in [-0.2, 0) is 0 Å². The third-order valence-corrected chi connectivity index (χ3v) is 4.13. The van der Waals surface area contributed by atoms with Crippen LogP contribution >= 0.6 is 0 Å². The first kappa shape index (κ1) is 18.0. The maximum Gasteiger partial charge on any atom is 0.111 e. The van der Waals surface area contributed by atoms with Crippen molar-refractivity contribution in [2.24, 2.45) is 5.73 Å². The van der Waals surface area contributed by atoms with E-state index in [0.717, 1.165) is 0 Å². The number of benzene rings is 1. The highest BCUT2D eigenvalue weighted by molar-refractivity contribution is 5.22. The van der Waals surface area contributed by atoms with Gasteiger partial charge in [-0.1, -0.05) is 36.4 Å². The molecule has 1 aliphatic carbocycles. The van der Waals surface area contributed by atoms with Gasteiger partial charge in [-0.05, 0) is 11.1 Å². The molecule has 0 aliphatic heterocycles. The lowest BCUT2D eigenvalue weighted by Gasteiger charge is -2.35.